The van der Waals surface area contributed by atoms with E-state index in [2.05, 4.69) is 23.3 Å². The highest BCUT2D eigenvalue weighted by molar-refractivity contribution is 7.10. The third kappa shape index (κ3) is 7.04. The van der Waals surface area contributed by atoms with E-state index in [4.69, 9.17) is 9.47 Å². The summed E-state index contributed by atoms with van der Waals surface area (Å²) in [6.07, 6.45) is 2.78. The summed E-state index contributed by atoms with van der Waals surface area (Å²) < 4.78 is 11.7. The zero-order chi connectivity index (χ0) is 24.1. The summed E-state index contributed by atoms with van der Waals surface area (Å²) >= 11 is 1.76. The topological polar surface area (TPSA) is 62.2 Å². The van der Waals surface area contributed by atoms with Gasteiger partial charge in [-0.2, -0.15) is 0 Å². The standard InChI is InChI=1S/C27H38N2O4S/c1-19(2)32-17-22(30)15-28(14-21-6-7-21)16-27(31)29-12-10-26-24(11-13-34-26)25(29)18-33-23-8-4-20(3)5-9-23/h4-5,8-9,11,13,19,21-22,25,30H,6-7,10,12,14-18H2,1-3H3/t22-,25+/m1/s1. The van der Waals surface area contributed by atoms with Gasteiger partial charge in [-0.3, -0.25) is 9.69 Å². The first kappa shape index (κ1) is 25.2. The molecule has 2 aliphatic rings. The van der Waals surface area contributed by atoms with Gasteiger partial charge in [-0.15, -0.1) is 11.3 Å². The lowest BCUT2D eigenvalue weighted by atomic mass is 10.0. The van der Waals surface area contributed by atoms with E-state index in [1.54, 1.807) is 11.3 Å². The van der Waals surface area contributed by atoms with Gasteiger partial charge in [0.2, 0.25) is 5.91 Å². The summed E-state index contributed by atoms with van der Waals surface area (Å²) in [4.78, 5) is 19.0. The quantitative estimate of drug-likeness (QED) is 0.490. The molecule has 4 rings (SSSR count). The van der Waals surface area contributed by atoms with E-state index >= 15 is 0 Å². The minimum absolute atomic E-state index is 0.0793. The van der Waals surface area contributed by atoms with Crippen molar-refractivity contribution in [3.8, 4) is 5.75 Å². The molecule has 34 heavy (non-hydrogen) atoms. The number of rotatable bonds is 12. The molecule has 1 N–H and O–H groups in total. The smallest absolute Gasteiger partial charge is 0.237 e. The van der Waals surface area contributed by atoms with Crippen molar-refractivity contribution in [1.82, 2.24) is 9.80 Å². The number of hydrogen-bond donors (Lipinski definition) is 1. The van der Waals surface area contributed by atoms with Crippen molar-refractivity contribution in [2.75, 3.05) is 39.4 Å². The minimum atomic E-state index is -0.598. The van der Waals surface area contributed by atoms with Gasteiger partial charge in [-0.05, 0) is 75.1 Å². The van der Waals surface area contributed by atoms with Gasteiger partial charge in [-0.1, -0.05) is 17.7 Å². The van der Waals surface area contributed by atoms with Crippen LogP contribution < -0.4 is 4.74 Å². The van der Waals surface area contributed by atoms with Crippen LogP contribution in [0.25, 0.3) is 0 Å². The minimum Gasteiger partial charge on any atom is -0.491 e. The number of nitrogens with zero attached hydrogens (tertiary/aromatic N) is 2. The number of carbonyl (C=O) groups excluding carboxylic acids is 1. The molecule has 6 nitrogen and oxygen atoms in total. The van der Waals surface area contributed by atoms with Crippen molar-refractivity contribution in [3.05, 3.63) is 51.7 Å². The highest BCUT2D eigenvalue weighted by Gasteiger charge is 2.34. The van der Waals surface area contributed by atoms with Crippen molar-refractivity contribution in [2.45, 2.75) is 58.3 Å². The van der Waals surface area contributed by atoms with E-state index in [0.29, 0.717) is 38.8 Å². The van der Waals surface area contributed by atoms with E-state index in [1.165, 1.54) is 28.8 Å². The molecule has 0 radical (unpaired) electrons. The van der Waals surface area contributed by atoms with E-state index in [-0.39, 0.29) is 18.1 Å². The average Bonchev–Trinajstić information content (AvgIpc) is 3.48. The molecule has 1 aromatic carbocycles. The van der Waals surface area contributed by atoms with Gasteiger partial charge in [-0.25, -0.2) is 0 Å². The van der Waals surface area contributed by atoms with Crippen molar-refractivity contribution in [2.24, 2.45) is 5.92 Å². The maximum atomic E-state index is 13.6. The Morgan fingerprint density at radius 3 is 2.71 bits per heavy atom. The van der Waals surface area contributed by atoms with Crippen LogP contribution in [0.3, 0.4) is 0 Å². The summed E-state index contributed by atoms with van der Waals surface area (Å²) in [6, 6.07) is 10.1. The lowest BCUT2D eigenvalue weighted by Crippen LogP contribution is -2.48. The number of ether oxygens (including phenoxy) is 2. The lowest BCUT2D eigenvalue weighted by Gasteiger charge is -2.37. The number of amides is 1. The van der Waals surface area contributed by atoms with Crippen LogP contribution in [0.4, 0.5) is 0 Å². The number of aryl methyl sites for hydroxylation is 1. The molecule has 0 saturated heterocycles. The fourth-order valence-corrected chi connectivity index (χ4v) is 5.42. The third-order valence-corrected chi connectivity index (χ3v) is 7.50. The lowest BCUT2D eigenvalue weighted by molar-refractivity contribution is -0.136. The van der Waals surface area contributed by atoms with Crippen LogP contribution in [0.1, 0.15) is 48.7 Å². The molecule has 1 aliphatic carbocycles. The zero-order valence-corrected chi connectivity index (χ0v) is 21.4. The first-order valence-corrected chi connectivity index (χ1v) is 13.3. The molecule has 186 valence electrons. The van der Waals surface area contributed by atoms with Crippen molar-refractivity contribution >= 4 is 17.2 Å². The van der Waals surface area contributed by atoms with Crippen LogP contribution in [0.2, 0.25) is 0 Å². The van der Waals surface area contributed by atoms with Crippen molar-refractivity contribution < 1.29 is 19.4 Å². The first-order valence-electron chi connectivity index (χ1n) is 12.5. The van der Waals surface area contributed by atoms with Crippen LogP contribution in [0.15, 0.2) is 35.7 Å². The molecule has 0 unspecified atom stereocenters. The number of carbonyl (C=O) groups is 1. The Balaban J connectivity index is 1.42. The van der Waals surface area contributed by atoms with Gasteiger partial charge in [0.05, 0.1) is 31.4 Å². The van der Waals surface area contributed by atoms with E-state index < -0.39 is 6.10 Å². The van der Waals surface area contributed by atoms with Crippen LogP contribution in [0, 0.1) is 12.8 Å². The van der Waals surface area contributed by atoms with Crippen LogP contribution in [0.5, 0.6) is 5.75 Å². The molecule has 1 fully saturated rings. The number of aliphatic hydroxyl groups is 1. The Bertz CT molecular complexity index is 925. The second-order valence-corrected chi connectivity index (χ2v) is 11.0. The molecule has 7 heteroatoms. The number of thiophene rings is 1. The first-order chi connectivity index (χ1) is 16.4. The Hall–Kier alpha value is -1.93. The molecule has 0 spiro atoms. The number of fused-ring (bicyclic) bond motifs is 1. The molecule has 1 amide bonds. The molecular formula is C27H38N2O4S. The summed E-state index contributed by atoms with van der Waals surface area (Å²) in [7, 11) is 0. The van der Waals surface area contributed by atoms with Gasteiger partial charge < -0.3 is 19.5 Å². The maximum Gasteiger partial charge on any atom is 0.237 e. The summed E-state index contributed by atoms with van der Waals surface area (Å²) in [5.74, 6) is 1.56. The summed E-state index contributed by atoms with van der Waals surface area (Å²) in [5.41, 5.74) is 2.40. The van der Waals surface area contributed by atoms with Crippen LogP contribution in [-0.2, 0) is 16.0 Å². The molecule has 1 aromatic heterocycles. The average molecular weight is 487 g/mol. The normalized spacial score (nSPS) is 18.9. The molecule has 2 atom stereocenters. The van der Waals surface area contributed by atoms with Gasteiger partial charge in [0.25, 0.3) is 0 Å². The van der Waals surface area contributed by atoms with Gasteiger partial charge >= 0.3 is 0 Å². The zero-order valence-electron chi connectivity index (χ0n) is 20.6. The molecule has 2 aromatic rings. The van der Waals surface area contributed by atoms with Crippen LogP contribution in [-0.4, -0.2) is 72.4 Å². The second kappa shape index (κ2) is 11.7. The Morgan fingerprint density at radius 2 is 2.00 bits per heavy atom. The third-order valence-electron chi connectivity index (χ3n) is 6.51. The summed E-state index contributed by atoms with van der Waals surface area (Å²) in [5, 5.41) is 12.6. The molecule has 2 heterocycles. The molecular weight excluding hydrogens is 448 g/mol. The largest absolute Gasteiger partial charge is 0.491 e. The molecule has 1 aliphatic heterocycles. The van der Waals surface area contributed by atoms with E-state index in [0.717, 1.165) is 18.7 Å². The highest BCUT2D eigenvalue weighted by Crippen LogP contribution is 2.34. The van der Waals surface area contributed by atoms with Crippen LogP contribution >= 0.6 is 11.3 Å². The van der Waals surface area contributed by atoms with E-state index in [9.17, 15) is 9.90 Å². The van der Waals surface area contributed by atoms with Gasteiger partial charge in [0, 0.05) is 24.5 Å². The van der Waals surface area contributed by atoms with Gasteiger partial charge in [0.15, 0.2) is 0 Å². The predicted molar refractivity (Wildman–Crippen MR) is 135 cm³/mol. The van der Waals surface area contributed by atoms with E-state index in [1.807, 2.05) is 43.0 Å². The maximum absolute atomic E-state index is 13.6. The van der Waals surface area contributed by atoms with Crippen molar-refractivity contribution in [3.63, 3.8) is 0 Å². The van der Waals surface area contributed by atoms with Crippen molar-refractivity contribution in [1.29, 1.82) is 0 Å². The highest BCUT2D eigenvalue weighted by atomic mass is 32.1. The number of aliphatic hydroxyl groups excluding tert-OH is 1. The van der Waals surface area contributed by atoms with Gasteiger partial charge in [0.1, 0.15) is 12.4 Å². The second-order valence-electron chi connectivity index (χ2n) is 9.95. The Kier molecular flexibility index (Phi) is 8.64. The SMILES string of the molecule is Cc1ccc(OC[C@H]2c3ccsc3CCN2C(=O)CN(CC2CC2)C[C@@H](O)COC(C)C)cc1. The Labute approximate surface area is 207 Å². The predicted octanol–water partition coefficient (Wildman–Crippen LogP) is 4.06. The molecule has 0 bridgehead atoms. The monoisotopic (exact) mass is 486 g/mol. The summed E-state index contributed by atoms with van der Waals surface area (Å²) in [6.45, 7) is 9.04. The Morgan fingerprint density at radius 1 is 1.24 bits per heavy atom. The fourth-order valence-electron chi connectivity index (χ4n) is 4.49. The number of hydrogen-bond acceptors (Lipinski definition) is 6. The molecule has 1 saturated carbocycles. The fraction of sp³-hybridized carbons (Fsp3) is 0.593. The number of benzene rings is 1.